The Labute approximate surface area is 124 Å². The van der Waals surface area contributed by atoms with E-state index in [9.17, 15) is 0 Å². The average molecular weight is 278 g/mol. The summed E-state index contributed by atoms with van der Waals surface area (Å²) in [6.45, 7) is 13.7. The molecule has 0 bridgehead atoms. The largest absolute Gasteiger partial charge is 0.472 e. The predicted molar refractivity (Wildman–Crippen MR) is 85.2 cm³/mol. The van der Waals surface area contributed by atoms with Crippen LogP contribution in [0.25, 0.3) is 0 Å². The van der Waals surface area contributed by atoms with Crippen molar-refractivity contribution in [3.63, 3.8) is 0 Å². The van der Waals surface area contributed by atoms with E-state index in [4.69, 9.17) is 4.74 Å². The molecule has 0 aliphatic heterocycles. The number of nitrogens with one attached hydrogen (secondary N) is 1. The predicted octanol–water partition coefficient (Wildman–Crippen LogP) is 4.10. The van der Waals surface area contributed by atoms with Gasteiger partial charge in [0.15, 0.2) is 0 Å². The van der Waals surface area contributed by atoms with E-state index in [0.29, 0.717) is 6.04 Å². The maximum absolute atomic E-state index is 6.05. The molecule has 0 aromatic carbocycles. The van der Waals surface area contributed by atoms with Crippen LogP contribution in [0.2, 0.25) is 0 Å². The molecule has 0 aliphatic rings. The first-order chi connectivity index (χ1) is 9.36. The summed E-state index contributed by atoms with van der Waals surface area (Å²) in [4.78, 5) is 4.63. The van der Waals surface area contributed by atoms with Crippen LogP contribution in [0.1, 0.15) is 65.6 Å². The molecular weight excluding hydrogens is 248 g/mol. The molecule has 1 heterocycles. The van der Waals surface area contributed by atoms with Crippen molar-refractivity contribution >= 4 is 0 Å². The Morgan fingerprint density at radius 2 is 1.95 bits per heavy atom. The van der Waals surface area contributed by atoms with Gasteiger partial charge in [-0.15, -0.1) is 0 Å². The van der Waals surface area contributed by atoms with Crippen LogP contribution in [-0.2, 0) is 13.0 Å². The molecule has 0 radical (unpaired) electrons. The van der Waals surface area contributed by atoms with Crippen LogP contribution in [0.15, 0.2) is 12.1 Å². The molecule has 0 saturated heterocycles. The van der Waals surface area contributed by atoms with E-state index in [2.05, 4.69) is 64.0 Å². The van der Waals surface area contributed by atoms with Gasteiger partial charge < -0.3 is 10.1 Å². The van der Waals surface area contributed by atoms with Gasteiger partial charge in [0, 0.05) is 24.3 Å². The third kappa shape index (κ3) is 5.91. The van der Waals surface area contributed by atoms with Gasteiger partial charge in [-0.2, -0.15) is 0 Å². The summed E-state index contributed by atoms with van der Waals surface area (Å²) in [5, 5.41) is 3.45. The van der Waals surface area contributed by atoms with Crippen molar-refractivity contribution in [1.29, 1.82) is 0 Å². The second-order valence-electron chi connectivity index (χ2n) is 6.31. The van der Waals surface area contributed by atoms with E-state index in [1.165, 1.54) is 5.56 Å². The molecule has 20 heavy (non-hydrogen) atoms. The third-order valence-corrected chi connectivity index (χ3v) is 3.37. The van der Waals surface area contributed by atoms with E-state index in [1.54, 1.807) is 0 Å². The van der Waals surface area contributed by atoms with Crippen molar-refractivity contribution in [2.75, 3.05) is 0 Å². The van der Waals surface area contributed by atoms with Crippen LogP contribution < -0.4 is 10.1 Å². The topological polar surface area (TPSA) is 34.1 Å². The molecule has 0 fully saturated rings. The van der Waals surface area contributed by atoms with Gasteiger partial charge in [-0.25, -0.2) is 4.98 Å². The standard InChI is InChI=1S/C17H30N2O/c1-7-9-15-10-14(12-18-13(3)4)11-16(19-15)20-17(5,6)8-2/h10-11,13,18H,7-9,12H2,1-6H3. The second-order valence-corrected chi connectivity index (χ2v) is 6.31. The minimum absolute atomic E-state index is 0.166. The maximum Gasteiger partial charge on any atom is 0.214 e. The lowest BCUT2D eigenvalue weighted by atomic mass is 10.1. The Bertz CT molecular complexity index is 413. The van der Waals surface area contributed by atoms with Gasteiger partial charge in [0.1, 0.15) is 5.60 Å². The van der Waals surface area contributed by atoms with Gasteiger partial charge in [0.05, 0.1) is 0 Å². The fraction of sp³-hybridized carbons (Fsp3) is 0.706. The summed E-state index contributed by atoms with van der Waals surface area (Å²) < 4.78 is 6.05. The van der Waals surface area contributed by atoms with E-state index in [1.807, 2.05) is 0 Å². The number of rotatable bonds is 8. The smallest absolute Gasteiger partial charge is 0.214 e. The van der Waals surface area contributed by atoms with E-state index < -0.39 is 0 Å². The number of aryl methyl sites for hydroxylation is 1. The van der Waals surface area contributed by atoms with Gasteiger partial charge in [0.25, 0.3) is 0 Å². The molecule has 1 aromatic heterocycles. The summed E-state index contributed by atoms with van der Waals surface area (Å²) in [6, 6.07) is 4.73. The summed E-state index contributed by atoms with van der Waals surface area (Å²) >= 11 is 0. The number of ether oxygens (including phenoxy) is 1. The molecule has 1 aromatic rings. The zero-order chi connectivity index (χ0) is 15.2. The second kappa shape index (κ2) is 7.63. The molecule has 3 heteroatoms. The SMILES string of the molecule is CCCc1cc(CNC(C)C)cc(OC(C)(C)CC)n1. The summed E-state index contributed by atoms with van der Waals surface area (Å²) in [5.41, 5.74) is 2.21. The minimum Gasteiger partial charge on any atom is -0.472 e. The van der Waals surface area contributed by atoms with Crippen LogP contribution in [0.3, 0.4) is 0 Å². The highest BCUT2D eigenvalue weighted by atomic mass is 16.5. The van der Waals surface area contributed by atoms with Gasteiger partial charge in [-0.05, 0) is 38.3 Å². The van der Waals surface area contributed by atoms with Crippen molar-refractivity contribution in [3.05, 3.63) is 23.4 Å². The molecule has 114 valence electrons. The Morgan fingerprint density at radius 1 is 1.25 bits per heavy atom. The number of pyridine rings is 1. The van der Waals surface area contributed by atoms with Crippen molar-refractivity contribution in [3.8, 4) is 5.88 Å². The molecule has 0 atom stereocenters. The molecule has 0 amide bonds. The van der Waals surface area contributed by atoms with Gasteiger partial charge in [-0.1, -0.05) is 34.1 Å². The Kier molecular flexibility index (Phi) is 6.47. The highest BCUT2D eigenvalue weighted by Crippen LogP contribution is 2.21. The highest BCUT2D eigenvalue weighted by Gasteiger charge is 2.18. The van der Waals surface area contributed by atoms with Crippen LogP contribution in [0.4, 0.5) is 0 Å². The van der Waals surface area contributed by atoms with Crippen molar-refractivity contribution in [1.82, 2.24) is 10.3 Å². The molecule has 1 N–H and O–H groups in total. The highest BCUT2D eigenvalue weighted by molar-refractivity contribution is 5.26. The van der Waals surface area contributed by atoms with Gasteiger partial charge in [0.2, 0.25) is 5.88 Å². The first kappa shape index (κ1) is 17.0. The fourth-order valence-corrected chi connectivity index (χ4v) is 1.84. The van der Waals surface area contributed by atoms with Crippen LogP contribution in [-0.4, -0.2) is 16.6 Å². The maximum atomic E-state index is 6.05. The average Bonchev–Trinajstić information content (AvgIpc) is 2.36. The first-order valence-corrected chi connectivity index (χ1v) is 7.78. The fourth-order valence-electron chi connectivity index (χ4n) is 1.84. The molecule has 1 rings (SSSR count). The quantitative estimate of drug-likeness (QED) is 0.777. The molecular formula is C17H30N2O. The van der Waals surface area contributed by atoms with Crippen LogP contribution in [0, 0.1) is 0 Å². The number of nitrogens with zero attached hydrogens (tertiary/aromatic N) is 1. The molecule has 0 saturated carbocycles. The molecule has 3 nitrogen and oxygen atoms in total. The monoisotopic (exact) mass is 278 g/mol. The van der Waals surface area contributed by atoms with Gasteiger partial charge in [-0.3, -0.25) is 0 Å². The molecule has 0 aliphatic carbocycles. The lowest BCUT2D eigenvalue weighted by Gasteiger charge is -2.24. The van der Waals surface area contributed by atoms with E-state index in [-0.39, 0.29) is 5.60 Å². The third-order valence-electron chi connectivity index (χ3n) is 3.37. The van der Waals surface area contributed by atoms with Gasteiger partial charge >= 0.3 is 0 Å². The Morgan fingerprint density at radius 3 is 2.50 bits per heavy atom. The number of aromatic nitrogens is 1. The Hall–Kier alpha value is -1.09. The van der Waals surface area contributed by atoms with E-state index in [0.717, 1.165) is 37.4 Å². The van der Waals surface area contributed by atoms with Crippen molar-refractivity contribution < 1.29 is 4.74 Å². The Balaban J connectivity index is 2.92. The lowest BCUT2D eigenvalue weighted by molar-refractivity contribution is 0.0986. The lowest BCUT2D eigenvalue weighted by Crippen LogP contribution is -2.27. The zero-order valence-corrected chi connectivity index (χ0v) is 13.9. The summed E-state index contributed by atoms with van der Waals surface area (Å²) in [5.74, 6) is 0.753. The number of hydrogen-bond donors (Lipinski definition) is 1. The molecule has 0 unspecified atom stereocenters. The van der Waals surface area contributed by atoms with Crippen molar-refractivity contribution in [2.45, 2.75) is 79.0 Å². The first-order valence-electron chi connectivity index (χ1n) is 7.78. The summed E-state index contributed by atoms with van der Waals surface area (Å²) in [7, 11) is 0. The normalized spacial score (nSPS) is 11.9. The van der Waals surface area contributed by atoms with E-state index >= 15 is 0 Å². The number of hydrogen-bond acceptors (Lipinski definition) is 3. The summed E-state index contributed by atoms with van der Waals surface area (Å²) in [6.07, 6.45) is 3.06. The minimum atomic E-state index is -0.166. The van der Waals surface area contributed by atoms with Crippen molar-refractivity contribution in [2.24, 2.45) is 0 Å². The zero-order valence-electron chi connectivity index (χ0n) is 13.9. The molecule has 0 spiro atoms. The van der Waals surface area contributed by atoms with Crippen LogP contribution >= 0.6 is 0 Å². The van der Waals surface area contributed by atoms with Crippen LogP contribution in [0.5, 0.6) is 5.88 Å².